The molecule has 8 nitrogen and oxygen atoms in total. The summed E-state index contributed by atoms with van der Waals surface area (Å²) < 4.78 is 6.59. The Morgan fingerprint density at radius 3 is 1.25 bits per heavy atom. The molecular weight excluding hydrogens is 805 g/mol. The number of hydrogen-bond donors (Lipinski definition) is 0. The van der Waals surface area contributed by atoms with Crippen LogP contribution in [0.3, 0.4) is 0 Å². The number of nitrogens with zero attached hydrogens (tertiary/aromatic N) is 4. The molecule has 7 aromatic rings. The van der Waals surface area contributed by atoms with Crippen molar-refractivity contribution in [2.45, 2.75) is 56.7 Å². The van der Waals surface area contributed by atoms with E-state index in [2.05, 4.69) is 179 Å². The van der Waals surface area contributed by atoms with Crippen LogP contribution >= 0.6 is 0 Å². The minimum absolute atomic E-state index is 0.0966. The van der Waals surface area contributed by atoms with Gasteiger partial charge in [-0.3, -0.25) is 19.4 Å². The molecule has 0 spiro atoms. The maximum absolute atomic E-state index is 13.2. The summed E-state index contributed by atoms with van der Waals surface area (Å²) in [6.45, 7) is 8.03. The van der Waals surface area contributed by atoms with Crippen LogP contribution in [0.4, 0.5) is 4.79 Å². The molecule has 0 amide bonds. The van der Waals surface area contributed by atoms with Crippen molar-refractivity contribution in [1.29, 1.82) is 0 Å². The van der Waals surface area contributed by atoms with Gasteiger partial charge in [0.25, 0.3) is 0 Å². The SMILES string of the molecule is CC(C)(C)OC(=O)n1cc(/C=C2\CN(C(c3ccccc3)(c3ccccc3)c3ccccc3)CCC2=O)cn1.O=C1CCN(C(c2ccccc2)(c2ccccc2)c2ccccc2)CC1. The first-order valence-electron chi connectivity index (χ1n) is 22.5. The van der Waals surface area contributed by atoms with Crippen molar-refractivity contribution >= 4 is 23.7 Å². The fraction of sp³-hybridized carbons (Fsp3) is 0.228. The fourth-order valence-electron chi connectivity index (χ4n) is 9.47. The third-order valence-electron chi connectivity index (χ3n) is 12.3. The quantitative estimate of drug-likeness (QED) is 0.106. The van der Waals surface area contributed by atoms with Gasteiger partial charge >= 0.3 is 6.09 Å². The highest BCUT2D eigenvalue weighted by Crippen LogP contribution is 2.45. The monoisotopic (exact) mass is 860 g/mol. The zero-order valence-corrected chi connectivity index (χ0v) is 37.4. The molecule has 0 atom stereocenters. The average Bonchev–Trinajstić information content (AvgIpc) is 3.82. The minimum atomic E-state index is -0.628. The van der Waals surface area contributed by atoms with Gasteiger partial charge in [-0.25, -0.2) is 4.79 Å². The van der Waals surface area contributed by atoms with Crippen molar-refractivity contribution in [2.24, 2.45) is 0 Å². The first-order chi connectivity index (χ1) is 31.6. The number of aromatic nitrogens is 2. The van der Waals surface area contributed by atoms with E-state index in [-0.39, 0.29) is 11.3 Å². The smallest absolute Gasteiger partial charge is 0.435 e. The van der Waals surface area contributed by atoms with Crippen LogP contribution in [0.25, 0.3) is 6.08 Å². The second-order valence-corrected chi connectivity index (χ2v) is 17.6. The highest BCUT2D eigenvalue weighted by molar-refractivity contribution is 6.00. The summed E-state index contributed by atoms with van der Waals surface area (Å²) in [6, 6.07) is 63.4. The van der Waals surface area contributed by atoms with Crippen molar-refractivity contribution in [3.05, 3.63) is 239 Å². The first kappa shape index (κ1) is 44.6. The van der Waals surface area contributed by atoms with Crippen LogP contribution in [0.2, 0.25) is 0 Å². The molecule has 2 fully saturated rings. The molecule has 3 heterocycles. The van der Waals surface area contributed by atoms with Gasteiger partial charge in [0.2, 0.25) is 0 Å². The highest BCUT2D eigenvalue weighted by Gasteiger charge is 2.45. The Hall–Kier alpha value is -7.00. The normalized spacial score (nSPS) is 15.8. The first-order valence-corrected chi connectivity index (χ1v) is 22.5. The minimum Gasteiger partial charge on any atom is -0.442 e. The summed E-state index contributed by atoms with van der Waals surface area (Å²) in [5.41, 5.74) is 6.86. The highest BCUT2D eigenvalue weighted by atomic mass is 16.6. The third-order valence-corrected chi connectivity index (χ3v) is 12.3. The summed E-state index contributed by atoms with van der Waals surface area (Å²) in [7, 11) is 0. The number of piperidine rings is 2. The maximum atomic E-state index is 13.2. The Labute approximate surface area is 382 Å². The van der Waals surface area contributed by atoms with Gasteiger partial charge in [-0.15, -0.1) is 0 Å². The molecule has 2 aliphatic rings. The van der Waals surface area contributed by atoms with Gasteiger partial charge < -0.3 is 4.74 Å². The number of likely N-dealkylation sites (tertiary alicyclic amines) is 2. The lowest BCUT2D eigenvalue weighted by molar-refractivity contribution is -0.122. The summed E-state index contributed by atoms with van der Waals surface area (Å²) in [6.07, 6.45) is 6.10. The summed E-state index contributed by atoms with van der Waals surface area (Å²) >= 11 is 0. The number of Topliss-reactive ketones (excluding diaryl/α,β-unsaturated/α-hetero) is 2. The van der Waals surface area contributed by atoms with E-state index in [1.807, 2.05) is 45.0 Å². The largest absolute Gasteiger partial charge is 0.442 e. The lowest BCUT2D eigenvalue weighted by Gasteiger charge is -2.47. The molecule has 0 radical (unpaired) electrons. The summed E-state index contributed by atoms with van der Waals surface area (Å²) in [5.74, 6) is 0.462. The van der Waals surface area contributed by atoms with Gasteiger partial charge in [-0.2, -0.15) is 9.78 Å². The number of benzene rings is 6. The second kappa shape index (κ2) is 19.8. The maximum Gasteiger partial charge on any atom is 0.435 e. The molecule has 2 aliphatic heterocycles. The van der Waals surface area contributed by atoms with E-state index in [1.54, 1.807) is 12.4 Å². The molecular formula is C57H56N4O4. The molecule has 0 unspecified atom stereocenters. The Bertz CT molecular complexity index is 2490. The molecule has 6 aromatic carbocycles. The van der Waals surface area contributed by atoms with Crippen LogP contribution in [0.15, 0.2) is 200 Å². The van der Waals surface area contributed by atoms with Crippen molar-refractivity contribution in [1.82, 2.24) is 19.6 Å². The molecule has 65 heavy (non-hydrogen) atoms. The van der Waals surface area contributed by atoms with Gasteiger partial charge in [0.1, 0.15) is 11.4 Å². The van der Waals surface area contributed by atoms with Crippen LogP contribution in [0.5, 0.6) is 0 Å². The van der Waals surface area contributed by atoms with Crippen molar-refractivity contribution < 1.29 is 19.1 Å². The van der Waals surface area contributed by atoms with Crippen LogP contribution in [0.1, 0.15) is 79.0 Å². The van der Waals surface area contributed by atoms with E-state index < -0.39 is 17.2 Å². The van der Waals surface area contributed by atoms with Gasteiger partial charge in [-0.05, 0) is 60.2 Å². The number of carbonyl (C=O) groups excluding carboxylic acids is 3. The molecule has 0 saturated carbocycles. The molecule has 1 aromatic heterocycles. The zero-order valence-electron chi connectivity index (χ0n) is 37.4. The molecule has 0 aliphatic carbocycles. The summed E-state index contributed by atoms with van der Waals surface area (Å²) in [5, 5.41) is 4.17. The van der Waals surface area contributed by atoms with Crippen LogP contribution in [-0.2, 0) is 25.4 Å². The Kier molecular flexibility index (Phi) is 13.6. The number of rotatable bonds is 9. The van der Waals surface area contributed by atoms with Crippen LogP contribution in [0, 0.1) is 0 Å². The standard InChI is InChI=1S/C33H33N3O3.C24H23NO/c1-32(2,3)39-31(38)36-23-25(22-34-36)21-26-24-35(20-19-30(26)37)33(27-13-7-4-8-14-27,28-15-9-5-10-16-28)29-17-11-6-12-18-29;26-23-16-18-25(19-17-23)24(20-10-4-1-5-11-20,21-12-6-2-7-13-21)22-14-8-3-9-15-22/h4-18,21-23H,19-20,24H2,1-3H3;1-15H,16-19H2/b26-21+;. The Balaban J connectivity index is 0.000000192. The van der Waals surface area contributed by atoms with Crippen molar-refractivity contribution in [2.75, 3.05) is 26.2 Å². The Morgan fingerprint density at radius 2 is 0.877 bits per heavy atom. The van der Waals surface area contributed by atoms with E-state index in [0.717, 1.165) is 29.8 Å². The van der Waals surface area contributed by atoms with Gasteiger partial charge in [0.05, 0.1) is 17.3 Å². The van der Waals surface area contributed by atoms with Gasteiger partial charge in [-0.1, -0.05) is 182 Å². The van der Waals surface area contributed by atoms with Crippen LogP contribution in [-0.4, -0.2) is 69.0 Å². The number of ketones is 2. The zero-order chi connectivity index (χ0) is 45.3. The van der Waals surface area contributed by atoms with E-state index in [4.69, 9.17) is 4.74 Å². The van der Waals surface area contributed by atoms with E-state index in [9.17, 15) is 14.4 Å². The number of carbonyl (C=O) groups is 3. The molecule has 0 bridgehead atoms. The lowest BCUT2D eigenvalue weighted by Crippen LogP contribution is -2.52. The molecule has 9 rings (SSSR count). The van der Waals surface area contributed by atoms with E-state index >= 15 is 0 Å². The molecule has 328 valence electrons. The summed E-state index contributed by atoms with van der Waals surface area (Å²) in [4.78, 5) is 42.4. The third kappa shape index (κ3) is 9.60. The Morgan fingerprint density at radius 1 is 0.523 bits per heavy atom. The number of ether oxygens (including phenoxy) is 1. The average molecular weight is 861 g/mol. The fourth-order valence-corrected chi connectivity index (χ4v) is 9.47. The van der Waals surface area contributed by atoms with Gasteiger partial charge in [0.15, 0.2) is 5.78 Å². The number of hydrogen-bond acceptors (Lipinski definition) is 7. The predicted molar refractivity (Wildman–Crippen MR) is 257 cm³/mol. The molecule has 0 N–H and O–H groups in total. The van der Waals surface area contributed by atoms with Crippen molar-refractivity contribution in [3.63, 3.8) is 0 Å². The van der Waals surface area contributed by atoms with E-state index in [0.29, 0.717) is 49.3 Å². The van der Waals surface area contributed by atoms with Crippen molar-refractivity contribution in [3.8, 4) is 0 Å². The van der Waals surface area contributed by atoms with Crippen LogP contribution < -0.4 is 0 Å². The predicted octanol–water partition coefficient (Wildman–Crippen LogP) is 11.0. The van der Waals surface area contributed by atoms with Gasteiger partial charge in [0, 0.05) is 62.8 Å². The lowest BCUT2D eigenvalue weighted by atomic mass is 9.74. The molecule has 2 saturated heterocycles. The molecule has 8 heteroatoms. The van der Waals surface area contributed by atoms with E-state index in [1.165, 1.54) is 21.4 Å². The second-order valence-electron chi connectivity index (χ2n) is 17.6. The topological polar surface area (TPSA) is 84.7 Å².